The zero-order valence-electron chi connectivity index (χ0n) is 10.1. The first-order chi connectivity index (χ1) is 7.66. The summed E-state index contributed by atoms with van der Waals surface area (Å²) in [7, 11) is 0. The molecule has 1 aliphatic heterocycles. The Kier molecular flexibility index (Phi) is 3.30. The van der Waals surface area contributed by atoms with Crippen LogP contribution < -0.4 is 5.32 Å². The molecular weight excluding hydrogens is 202 g/mol. The summed E-state index contributed by atoms with van der Waals surface area (Å²) >= 11 is 0. The van der Waals surface area contributed by atoms with Gasteiger partial charge in [-0.2, -0.15) is 0 Å². The van der Waals surface area contributed by atoms with Gasteiger partial charge in [0.1, 0.15) is 11.4 Å². The molecule has 16 heavy (non-hydrogen) atoms. The second-order valence-corrected chi connectivity index (χ2v) is 4.73. The number of hydrogen-bond acceptors (Lipinski definition) is 3. The van der Waals surface area contributed by atoms with Gasteiger partial charge in [0.15, 0.2) is 0 Å². The molecule has 0 aromatic carbocycles. The minimum Gasteiger partial charge on any atom is -0.382 e. The Morgan fingerprint density at radius 3 is 3.12 bits per heavy atom. The van der Waals surface area contributed by atoms with E-state index in [1.54, 1.807) is 6.20 Å². The van der Waals surface area contributed by atoms with Gasteiger partial charge in [0.2, 0.25) is 0 Å². The first-order valence-corrected chi connectivity index (χ1v) is 6.11. The highest BCUT2D eigenvalue weighted by molar-refractivity contribution is 5.06. The van der Waals surface area contributed by atoms with Crippen molar-refractivity contribution in [1.82, 2.24) is 14.9 Å². The van der Waals surface area contributed by atoms with Crippen LogP contribution in [-0.2, 0) is 12.1 Å². The third kappa shape index (κ3) is 1.99. The molecule has 90 valence electrons. The van der Waals surface area contributed by atoms with E-state index < -0.39 is 5.60 Å². The minimum atomic E-state index is -0.826. The van der Waals surface area contributed by atoms with Gasteiger partial charge in [0.05, 0.1) is 0 Å². The largest absolute Gasteiger partial charge is 0.382 e. The molecule has 0 bridgehead atoms. The summed E-state index contributed by atoms with van der Waals surface area (Å²) in [5, 5.41) is 14.0. The molecule has 1 saturated heterocycles. The van der Waals surface area contributed by atoms with Gasteiger partial charge < -0.3 is 15.0 Å². The van der Waals surface area contributed by atoms with Crippen molar-refractivity contribution < 1.29 is 5.11 Å². The lowest BCUT2D eigenvalue weighted by atomic mass is 9.83. The van der Waals surface area contributed by atoms with E-state index in [1.807, 2.05) is 17.7 Å². The van der Waals surface area contributed by atoms with E-state index in [0.717, 1.165) is 38.3 Å². The highest BCUT2D eigenvalue weighted by Crippen LogP contribution is 2.32. The maximum absolute atomic E-state index is 10.7. The molecule has 0 saturated carbocycles. The van der Waals surface area contributed by atoms with Crippen LogP contribution in [0.25, 0.3) is 0 Å². The van der Waals surface area contributed by atoms with Gasteiger partial charge >= 0.3 is 0 Å². The van der Waals surface area contributed by atoms with Gasteiger partial charge in [-0.1, -0.05) is 0 Å². The fraction of sp³-hybridized carbons (Fsp3) is 0.750. The van der Waals surface area contributed by atoms with Crippen LogP contribution in [0.5, 0.6) is 0 Å². The van der Waals surface area contributed by atoms with Crippen LogP contribution in [0.3, 0.4) is 0 Å². The van der Waals surface area contributed by atoms with Gasteiger partial charge in [-0.25, -0.2) is 4.98 Å². The Hall–Kier alpha value is -0.870. The number of rotatable bonds is 3. The molecule has 2 atom stereocenters. The number of hydrogen-bond donors (Lipinski definition) is 2. The topological polar surface area (TPSA) is 50.1 Å². The van der Waals surface area contributed by atoms with Crippen LogP contribution >= 0.6 is 0 Å². The standard InChI is InChI=1S/C12H21N3O/c1-3-15-8-7-14-11(15)12(2,16)10-5-4-6-13-9-10/h7-8,10,13,16H,3-6,9H2,1-2H3. The Morgan fingerprint density at radius 2 is 2.50 bits per heavy atom. The molecule has 2 N–H and O–H groups in total. The van der Waals surface area contributed by atoms with Crippen molar-refractivity contribution in [1.29, 1.82) is 0 Å². The second kappa shape index (κ2) is 4.55. The van der Waals surface area contributed by atoms with Crippen LogP contribution in [-0.4, -0.2) is 27.7 Å². The molecule has 0 amide bonds. The van der Waals surface area contributed by atoms with Crippen molar-refractivity contribution in [3.8, 4) is 0 Å². The van der Waals surface area contributed by atoms with Crippen LogP contribution in [0.1, 0.15) is 32.5 Å². The quantitative estimate of drug-likeness (QED) is 0.807. The predicted octanol–water partition coefficient (Wildman–Crippen LogP) is 1.11. The van der Waals surface area contributed by atoms with Crippen molar-refractivity contribution >= 4 is 0 Å². The van der Waals surface area contributed by atoms with E-state index in [-0.39, 0.29) is 5.92 Å². The van der Waals surface area contributed by atoms with E-state index in [0.29, 0.717) is 0 Å². The molecule has 2 heterocycles. The van der Waals surface area contributed by atoms with E-state index in [2.05, 4.69) is 17.2 Å². The SMILES string of the molecule is CCn1ccnc1C(C)(O)C1CCCNC1. The Morgan fingerprint density at radius 1 is 1.69 bits per heavy atom. The van der Waals surface area contributed by atoms with E-state index in [4.69, 9.17) is 0 Å². The van der Waals surface area contributed by atoms with Gasteiger partial charge in [-0.15, -0.1) is 0 Å². The Labute approximate surface area is 96.7 Å². The maximum Gasteiger partial charge on any atom is 0.140 e. The number of nitrogens with one attached hydrogen (secondary N) is 1. The number of nitrogens with zero attached hydrogens (tertiary/aromatic N) is 2. The molecule has 0 radical (unpaired) electrons. The fourth-order valence-corrected chi connectivity index (χ4v) is 2.52. The first-order valence-electron chi connectivity index (χ1n) is 6.11. The summed E-state index contributed by atoms with van der Waals surface area (Å²) in [6.07, 6.45) is 5.90. The molecule has 0 aliphatic carbocycles. The number of aliphatic hydroxyl groups is 1. The van der Waals surface area contributed by atoms with Crippen molar-refractivity contribution in [2.45, 2.75) is 38.8 Å². The zero-order chi connectivity index (χ0) is 11.6. The van der Waals surface area contributed by atoms with Gasteiger partial charge in [0.25, 0.3) is 0 Å². The maximum atomic E-state index is 10.7. The smallest absolute Gasteiger partial charge is 0.140 e. The molecule has 2 rings (SSSR count). The van der Waals surface area contributed by atoms with Crippen molar-refractivity contribution in [2.75, 3.05) is 13.1 Å². The van der Waals surface area contributed by atoms with Crippen LogP contribution in [0.2, 0.25) is 0 Å². The molecule has 1 fully saturated rings. The predicted molar refractivity (Wildman–Crippen MR) is 63.1 cm³/mol. The number of aryl methyl sites for hydroxylation is 1. The van der Waals surface area contributed by atoms with Crippen LogP contribution in [0.15, 0.2) is 12.4 Å². The number of piperidine rings is 1. The second-order valence-electron chi connectivity index (χ2n) is 4.73. The molecule has 1 aromatic heterocycles. The highest BCUT2D eigenvalue weighted by atomic mass is 16.3. The van der Waals surface area contributed by atoms with Crippen LogP contribution in [0.4, 0.5) is 0 Å². The Bertz CT molecular complexity index is 340. The van der Waals surface area contributed by atoms with E-state index in [9.17, 15) is 5.11 Å². The fourth-order valence-electron chi connectivity index (χ4n) is 2.52. The first kappa shape index (κ1) is 11.6. The summed E-state index contributed by atoms with van der Waals surface area (Å²) in [4.78, 5) is 4.32. The molecular formula is C12H21N3O. The summed E-state index contributed by atoms with van der Waals surface area (Å²) < 4.78 is 2.02. The lowest BCUT2D eigenvalue weighted by Gasteiger charge is -2.35. The molecule has 4 heteroatoms. The monoisotopic (exact) mass is 223 g/mol. The summed E-state index contributed by atoms with van der Waals surface area (Å²) in [5.74, 6) is 1.05. The molecule has 1 aliphatic rings. The van der Waals surface area contributed by atoms with Crippen LogP contribution in [0, 0.1) is 5.92 Å². The molecule has 4 nitrogen and oxygen atoms in total. The summed E-state index contributed by atoms with van der Waals surface area (Å²) in [6.45, 7) is 6.75. The molecule has 1 aromatic rings. The van der Waals surface area contributed by atoms with Gasteiger partial charge in [0, 0.05) is 31.4 Å². The number of aromatic nitrogens is 2. The highest BCUT2D eigenvalue weighted by Gasteiger charge is 2.37. The molecule has 2 unspecified atom stereocenters. The van der Waals surface area contributed by atoms with E-state index >= 15 is 0 Å². The summed E-state index contributed by atoms with van der Waals surface area (Å²) in [6, 6.07) is 0. The van der Waals surface area contributed by atoms with Crippen molar-refractivity contribution in [3.63, 3.8) is 0 Å². The van der Waals surface area contributed by atoms with Crippen molar-refractivity contribution in [3.05, 3.63) is 18.2 Å². The average molecular weight is 223 g/mol. The van der Waals surface area contributed by atoms with E-state index in [1.165, 1.54) is 0 Å². The minimum absolute atomic E-state index is 0.258. The third-order valence-electron chi connectivity index (χ3n) is 3.60. The average Bonchev–Trinajstić information content (AvgIpc) is 2.79. The normalized spacial score (nSPS) is 25.3. The Balaban J connectivity index is 2.22. The summed E-state index contributed by atoms with van der Waals surface area (Å²) in [5.41, 5.74) is -0.826. The van der Waals surface area contributed by atoms with Crippen molar-refractivity contribution in [2.24, 2.45) is 5.92 Å². The lowest BCUT2D eigenvalue weighted by Crippen LogP contribution is -2.43. The molecule has 0 spiro atoms. The third-order valence-corrected chi connectivity index (χ3v) is 3.60. The van der Waals surface area contributed by atoms with Gasteiger partial charge in [-0.3, -0.25) is 0 Å². The number of imidazole rings is 1. The lowest BCUT2D eigenvalue weighted by molar-refractivity contribution is -0.0261. The zero-order valence-corrected chi connectivity index (χ0v) is 10.1. The van der Waals surface area contributed by atoms with Gasteiger partial charge in [-0.05, 0) is 33.2 Å².